The molecule has 0 aromatic heterocycles. The molecule has 0 unspecified atom stereocenters. The summed E-state index contributed by atoms with van der Waals surface area (Å²) in [5.74, 6) is 0. The molecule has 3 fully saturated rings. The zero-order valence-corrected chi connectivity index (χ0v) is 15.2. The van der Waals surface area contributed by atoms with E-state index in [1.54, 1.807) is 4.90 Å². The van der Waals surface area contributed by atoms with Gasteiger partial charge in [0.1, 0.15) is 11.2 Å². The number of carbonyl (C=O) groups excluding carboxylic acids is 2. The van der Waals surface area contributed by atoms with Gasteiger partial charge >= 0.3 is 12.2 Å². The third kappa shape index (κ3) is 3.78. The van der Waals surface area contributed by atoms with Gasteiger partial charge in [0, 0.05) is 32.0 Å². The summed E-state index contributed by atoms with van der Waals surface area (Å²) in [6, 6.07) is 0.342. The molecule has 3 aliphatic rings. The van der Waals surface area contributed by atoms with E-state index in [2.05, 4.69) is 0 Å². The minimum atomic E-state index is -0.482. The van der Waals surface area contributed by atoms with Crippen LogP contribution >= 0.6 is 0 Å². The molecule has 6 heteroatoms. The van der Waals surface area contributed by atoms with Gasteiger partial charge in [-0.2, -0.15) is 0 Å². The lowest BCUT2D eigenvalue weighted by Gasteiger charge is -2.38. The van der Waals surface area contributed by atoms with Crippen molar-refractivity contribution < 1.29 is 19.1 Å². The van der Waals surface area contributed by atoms with Gasteiger partial charge in [0.05, 0.1) is 6.54 Å². The number of amides is 2. The molecule has 6 nitrogen and oxygen atoms in total. The summed E-state index contributed by atoms with van der Waals surface area (Å²) in [6.45, 7) is 7.46. The Morgan fingerprint density at radius 2 is 1.79 bits per heavy atom. The van der Waals surface area contributed by atoms with Crippen LogP contribution in [0.5, 0.6) is 0 Å². The third-order valence-corrected chi connectivity index (χ3v) is 5.34. The van der Waals surface area contributed by atoms with Gasteiger partial charge < -0.3 is 19.3 Å². The summed E-state index contributed by atoms with van der Waals surface area (Å²) in [5, 5.41) is 0. The Balaban J connectivity index is 1.56. The quantitative estimate of drug-likeness (QED) is 0.734. The molecule has 2 heterocycles. The van der Waals surface area contributed by atoms with Crippen LogP contribution < -0.4 is 0 Å². The van der Waals surface area contributed by atoms with Crippen molar-refractivity contribution >= 4 is 12.2 Å². The first kappa shape index (κ1) is 17.4. The number of ether oxygens (including phenoxy) is 2. The summed E-state index contributed by atoms with van der Waals surface area (Å²) >= 11 is 0. The van der Waals surface area contributed by atoms with Crippen LogP contribution in [0.4, 0.5) is 9.59 Å². The Labute approximate surface area is 144 Å². The van der Waals surface area contributed by atoms with E-state index in [1.807, 2.05) is 25.7 Å². The van der Waals surface area contributed by atoms with Crippen LogP contribution in [0, 0.1) is 0 Å². The Hall–Kier alpha value is -1.46. The van der Waals surface area contributed by atoms with E-state index in [0.29, 0.717) is 38.5 Å². The first-order valence-corrected chi connectivity index (χ1v) is 9.26. The van der Waals surface area contributed by atoms with Crippen molar-refractivity contribution in [3.05, 3.63) is 0 Å². The Morgan fingerprint density at radius 1 is 1.17 bits per heavy atom. The molecule has 2 amide bonds. The molecule has 24 heavy (non-hydrogen) atoms. The fourth-order valence-corrected chi connectivity index (χ4v) is 4.01. The van der Waals surface area contributed by atoms with Crippen molar-refractivity contribution in [1.82, 2.24) is 9.80 Å². The SMILES string of the molecule is CC(C)(C)OC(=O)N1CCC2(CC1)CN(C1CCCCC1)C(=O)O2. The van der Waals surface area contributed by atoms with Crippen LogP contribution in [0.3, 0.4) is 0 Å². The molecular formula is C18H30N2O4. The second-order valence-electron chi connectivity index (χ2n) is 8.44. The normalized spacial score (nSPS) is 25.0. The zero-order valence-electron chi connectivity index (χ0n) is 15.2. The van der Waals surface area contributed by atoms with E-state index in [4.69, 9.17) is 9.47 Å². The molecule has 2 saturated heterocycles. The maximum atomic E-state index is 12.3. The second-order valence-corrected chi connectivity index (χ2v) is 8.44. The molecule has 3 rings (SSSR count). The van der Waals surface area contributed by atoms with Gasteiger partial charge in [-0.3, -0.25) is 0 Å². The van der Waals surface area contributed by atoms with E-state index in [0.717, 1.165) is 12.8 Å². The standard InChI is InChI=1S/C18H30N2O4/c1-17(2,3)23-15(21)19-11-9-18(10-12-19)13-20(16(22)24-18)14-7-5-4-6-8-14/h14H,4-13H2,1-3H3. The lowest BCUT2D eigenvalue weighted by Crippen LogP contribution is -2.50. The average Bonchev–Trinajstić information content (AvgIpc) is 2.83. The van der Waals surface area contributed by atoms with Crippen molar-refractivity contribution in [3.8, 4) is 0 Å². The summed E-state index contributed by atoms with van der Waals surface area (Å²) in [6.07, 6.45) is 6.82. The highest BCUT2D eigenvalue weighted by Crippen LogP contribution is 2.37. The minimum Gasteiger partial charge on any atom is -0.444 e. The number of carbonyl (C=O) groups is 2. The van der Waals surface area contributed by atoms with Gasteiger partial charge in [0.2, 0.25) is 0 Å². The molecule has 0 aromatic rings. The van der Waals surface area contributed by atoms with Crippen LogP contribution in [0.2, 0.25) is 0 Å². The number of hydrogen-bond acceptors (Lipinski definition) is 4. The van der Waals surface area contributed by atoms with Gasteiger partial charge in [-0.1, -0.05) is 19.3 Å². The summed E-state index contributed by atoms with van der Waals surface area (Å²) in [7, 11) is 0. The number of nitrogens with zero attached hydrogens (tertiary/aromatic N) is 2. The van der Waals surface area contributed by atoms with Crippen molar-refractivity contribution in [2.24, 2.45) is 0 Å². The largest absolute Gasteiger partial charge is 0.444 e. The predicted octanol–water partition coefficient (Wildman–Crippen LogP) is 3.54. The summed E-state index contributed by atoms with van der Waals surface area (Å²) < 4.78 is 11.2. The topological polar surface area (TPSA) is 59.1 Å². The monoisotopic (exact) mass is 338 g/mol. The van der Waals surface area contributed by atoms with Crippen molar-refractivity contribution in [2.45, 2.75) is 83.0 Å². The molecule has 136 valence electrons. The number of piperidine rings is 1. The second kappa shape index (κ2) is 6.45. The van der Waals surface area contributed by atoms with Gasteiger partial charge in [0.15, 0.2) is 0 Å². The van der Waals surface area contributed by atoms with Gasteiger partial charge in [0.25, 0.3) is 0 Å². The Bertz CT molecular complexity index is 486. The zero-order chi connectivity index (χ0) is 17.4. The lowest BCUT2D eigenvalue weighted by molar-refractivity contribution is -0.0171. The molecule has 0 atom stereocenters. The smallest absolute Gasteiger partial charge is 0.410 e. The van der Waals surface area contributed by atoms with Crippen LogP contribution in [-0.4, -0.2) is 58.9 Å². The maximum Gasteiger partial charge on any atom is 0.410 e. The Kier molecular flexibility index (Phi) is 4.67. The first-order valence-electron chi connectivity index (χ1n) is 9.26. The highest BCUT2D eigenvalue weighted by atomic mass is 16.6. The van der Waals surface area contributed by atoms with Crippen molar-refractivity contribution in [1.29, 1.82) is 0 Å². The van der Waals surface area contributed by atoms with Crippen LogP contribution in [0.15, 0.2) is 0 Å². The number of rotatable bonds is 1. The van der Waals surface area contributed by atoms with Gasteiger partial charge in [-0.15, -0.1) is 0 Å². The fourth-order valence-electron chi connectivity index (χ4n) is 4.01. The molecule has 1 saturated carbocycles. The van der Waals surface area contributed by atoms with E-state index in [1.165, 1.54) is 19.3 Å². The fraction of sp³-hybridized carbons (Fsp3) is 0.889. The van der Waals surface area contributed by atoms with E-state index in [9.17, 15) is 9.59 Å². The number of hydrogen-bond donors (Lipinski definition) is 0. The maximum absolute atomic E-state index is 12.3. The highest BCUT2D eigenvalue weighted by molar-refractivity contribution is 5.72. The minimum absolute atomic E-state index is 0.160. The molecule has 1 aliphatic carbocycles. The first-order chi connectivity index (χ1) is 11.3. The van der Waals surface area contributed by atoms with E-state index >= 15 is 0 Å². The molecular weight excluding hydrogens is 308 g/mol. The third-order valence-electron chi connectivity index (χ3n) is 5.34. The summed E-state index contributed by atoms with van der Waals surface area (Å²) in [4.78, 5) is 28.2. The average molecular weight is 338 g/mol. The molecule has 0 bridgehead atoms. The van der Waals surface area contributed by atoms with Gasteiger partial charge in [-0.05, 0) is 33.6 Å². The van der Waals surface area contributed by atoms with Crippen molar-refractivity contribution in [3.63, 3.8) is 0 Å². The summed E-state index contributed by atoms with van der Waals surface area (Å²) in [5.41, 5.74) is -0.892. The van der Waals surface area contributed by atoms with Crippen LogP contribution in [-0.2, 0) is 9.47 Å². The van der Waals surface area contributed by atoms with E-state index < -0.39 is 11.2 Å². The molecule has 1 spiro atoms. The molecule has 0 N–H and O–H groups in total. The van der Waals surface area contributed by atoms with Crippen LogP contribution in [0.25, 0.3) is 0 Å². The Morgan fingerprint density at radius 3 is 2.38 bits per heavy atom. The van der Waals surface area contributed by atoms with E-state index in [-0.39, 0.29) is 12.2 Å². The van der Waals surface area contributed by atoms with Crippen LogP contribution in [0.1, 0.15) is 65.7 Å². The molecule has 0 radical (unpaired) electrons. The highest BCUT2D eigenvalue weighted by Gasteiger charge is 2.49. The van der Waals surface area contributed by atoms with Gasteiger partial charge in [-0.25, -0.2) is 9.59 Å². The number of likely N-dealkylation sites (tertiary alicyclic amines) is 1. The van der Waals surface area contributed by atoms with Crippen molar-refractivity contribution in [2.75, 3.05) is 19.6 Å². The lowest BCUT2D eigenvalue weighted by atomic mass is 9.89. The molecule has 2 aliphatic heterocycles. The predicted molar refractivity (Wildman–Crippen MR) is 89.8 cm³/mol. The molecule has 0 aromatic carbocycles.